The van der Waals surface area contributed by atoms with E-state index < -0.39 is 0 Å². The first-order valence-corrected chi connectivity index (χ1v) is 7.38. The molecule has 1 aliphatic heterocycles. The summed E-state index contributed by atoms with van der Waals surface area (Å²) >= 11 is 0. The third-order valence-corrected chi connectivity index (χ3v) is 3.47. The molecule has 1 amide bonds. The summed E-state index contributed by atoms with van der Waals surface area (Å²) < 4.78 is 11.2. The Balaban J connectivity index is 1.95. The molecule has 2 atom stereocenters. The Labute approximate surface area is 129 Å². The molecular formula is C16H22N2O4. The van der Waals surface area contributed by atoms with Gasteiger partial charge >= 0.3 is 0 Å². The van der Waals surface area contributed by atoms with Gasteiger partial charge in [0.1, 0.15) is 6.10 Å². The number of rotatable bonds is 5. The number of nitrogens with one attached hydrogen (secondary N) is 2. The van der Waals surface area contributed by atoms with E-state index in [-0.39, 0.29) is 23.6 Å². The zero-order valence-electron chi connectivity index (χ0n) is 12.9. The fourth-order valence-electron chi connectivity index (χ4n) is 2.18. The molecule has 0 unspecified atom stereocenters. The van der Waals surface area contributed by atoms with Crippen molar-refractivity contribution in [2.75, 3.05) is 19.8 Å². The summed E-state index contributed by atoms with van der Waals surface area (Å²) in [4.78, 5) is 25.7. The van der Waals surface area contributed by atoms with Gasteiger partial charge in [-0.15, -0.1) is 0 Å². The molecule has 0 aromatic carbocycles. The second-order valence-corrected chi connectivity index (χ2v) is 5.54. The van der Waals surface area contributed by atoms with Crippen LogP contribution in [-0.4, -0.2) is 42.9 Å². The number of hydrogen-bond donors (Lipinski definition) is 2. The number of ether oxygens (including phenoxy) is 2. The van der Waals surface area contributed by atoms with Crippen molar-refractivity contribution in [2.24, 2.45) is 0 Å². The number of aromatic amines is 1. The van der Waals surface area contributed by atoms with Crippen LogP contribution in [0.4, 0.5) is 0 Å². The van der Waals surface area contributed by atoms with E-state index in [0.717, 1.165) is 0 Å². The summed E-state index contributed by atoms with van der Waals surface area (Å²) in [7, 11) is 0. The number of carbonyl (C=O) groups is 1. The van der Waals surface area contributed by atoms with Gasteiger partial charge in [0.2, 0.25) is 5.56 Å². The monoisotopic (exact) mass is 306 g/mol. The van der Waals surface area contributed by atoms with Crippen LogP contribution in [0.2, 0.25) is 0 Å². The van der Waals surface area contributed by atoms with Crippen LogP contribution in [0, 0.1) is 0 Å². The van der Waals surface area contributed by atoms with Crippen LogP contribution in [0.15, 0.2) is 34.8 Å². The van der Waals surface area contributed by atoms with Gasteiger partial charge in [0.25, 0.3) is 5.91 Å². The number of allylic oxidation sites excluding steroid dienone is 1. The van der Waals surface area contributed by atoms with E-state index >= 15 is 0 Å². The highest BCUT2D eigenvalue weighted by molar-refractivity contribution is 5.94. The lowest BCUT2D eigenvalue weighted by Gasteiger charge is -2.31. The molecule has 2 N–H and O–H groups in total. The molecule has 6 nitrogen and oxygen atoms in total. The van der Waals surface area contributed by atoms with E-state index in [4.69, 9.17) is 9.47 Å². The van der Waals surface area contributed by atoms with E-state index in [2.05, 4.69) is 10.3 Å². The first-order valence-electron chi connectivity index (χ1n) is 7.38. The van der Waals surface area contributed by atoms with Gasteiger partial charge in [0.05, 0.1) is 24.8 Å². The van der Waals surface area contributed by atoms with Crippen molar-refractivity contribution in [3.63, 3.8) is 0 Å². The van der Waals surface area contributed by atoms with Gasteiger partial charge in [-0.25, -0.2) is 0 Å². The molecule has 1 aliphatic rings. The van der Waals surface area contributed by atoms with E-state index in [1.54, 1.807) is 0 Å². The first-order chi connectivity index (χ1) is 10.6. The van der Waals surface area contributed by atoms with Gasteiger partial charge in [-0.3, -0.25) is 9.59 Å². The molecule has 22 heavy (non-hydrogen) atoms. The predicted octanol–water partition coefficient (Wildman–Crippen LogP) is 1.24. The van der Waals surface area contributed by atoms with Gasteiger partial charge in [0.15, 0.2) is 0 Å². The summed E-state index contributed by atoms with van der Waals surface area (Å²) in [6.07, 6.45) is 3.94. The summed E-state index contributed by atoms with van der Waals surface area (Å²) in [5.41, 5.74) is 1.38. The zero-order valence-corrected chi connectivity index (χ0v) is 12.9. The van der Waals surface area contributed by atoms with Crippen molar-refractivity contribution in [1.82, 2.24) is 10.3 Å². The van der Waals surface area contributed by atoms with Gasteiger partial charge in [-0.05, 0) is 26.3 Å². The molecule has 120 valence electrons. The minimum absolute atomic E-state index is 0.0984. The summed E-state index contributed by atoms with van der Waals surface area (Å²) in [6.45, 7) is 5.58. The summed E-state index contributed by atoms with van der Waals surface area (Å²) in [6, 6.07) is 2.74. The second-order valence-electron chi connectivity index (χ2n) is 5.54. The summed E-state index contributed by atoms with van der Waals surface area (Å²) in [5, 5.41) is 2.96. The number of aromatic nitrogens is 1. The van der Waals surface area contributed by atoms with Crippen molar-refractivity contribution in [2.45, 2.75) is 32.4 Å². The van der Waals surface area contributed by atoms with E-state index in [1.807, 2.05) is 19.9 Å². The molecule has 0 saturated carbocycles. The lowest BCUT2D eigenvalue weighted by Crippen LogP contribution is -2.50. The Hall–Kier alpha value is -1.92. The molecule has 1 aromatic heterocycles. The van der Waals surface area contributed by atoms with Gasteiger partial charge in [-0.1, -0.05) is 11.6 Å². The molecule has 2 heterocycles. The quantitative estimate of drug-likeness (QED) is 0.802. The molecule has 2 rings (SSSR count). The lowest BCUT2D eigenvalue weighted by molar-refractivity contribution is -0.0589. The fourth-order valence-corrected chi connectivity index (χ4v) is 2.18. The fraction of sp³-hybridized carbons (Fsp3) is 0.500. The number of pyridine rings is 1. The Bertz CT molecular complexity index is 570. The second kappa shape index (κ2) is 7.91. The van der Waals surface area contributed by atoms with Crippen molar-refractivity contribution in [3.8, 4) is 0 Å². The van der Waals surface area contributed by atoms with Gasteiger partial charge in [0, 0.05) is 18.9 Å². The molecule has 1 saturated heterocycles. The maximum absolute atomic E-state index is 12.2. The SMILES string of the molecule is CC(C)=CCO[C@@H]1COCC[C@H]1NC(=O)c1ccc(=O)[nH]c1. The largest absolute Gasteiger partial charge is 0.379 e. The number of hydrogen-bond acceptors (Lipinski definition) is 4. The lowest BCUT2D eigenvalue weighted by atomic mass is 10.1. The molecule has 6 heteroatoms. The summed E-state index contributed by atoms with van der Waals surface area (Å²) in [5.74, 6) is -0.223. The van der Waals surface area contributed by atoms with Crippen LogP contribution in [0.25, 0.3) is 0 Å². The average molecular weight is 306 g/mol. The molecule has 0 bridgehead atoms. The molecular weight excluding hydrogens is 284 g/mol. The maximum Gasteiger partial charge on any atom is 0.253 e. The molecule has 1 aromatic rings. The minimum atomic E-state index is -0.231. The van der Waals surface area contributed by atoms with Crippen molar-refractivity contribution in [3.05, 3.63) is 45.9 Å². The minimum Gasteiger partial charge on any atom is -0.379 e. The van der Waals surface area contributed by atoms with Crippen molar-refractivity contribution >= 4 is 5.91 Å². The highest BCUT2D eigenvalue weighted by Gasteiger charge is 2.28. The number of carbonyl (C=O) groups excluding carboxylic acids is 1. The van der Waals surface area contributed by atoms with Gasteiger partial charge < -0.3 is 19.8 Å². The van der Waals surface area contributed by atoms with Crippen LogP contribution in [0.1, 0.15) is 30.6 Å². The smallest absolute Gasteiger partial charge is 0.253 e. The average Bonchev–Trinajstić information content (AvgIpc) is 2.49. The molecule has 0 aliphatic carbocycles. The Morgan fingerprint density at radius 1 is 1.50 bits per heavy atom. The Morgan fingerprint density at radius 2 is 2.32 bits per heavy atom. The number of H-pyrrole nitrogens is 1. The normalized spacial score (nSPS) is 21.2. The Morgan fingerprint density at radius 3 is 3.00 bits per heavy atom. The third kappa shape index (κ3) is 4.82. The third-order valence-electron chi connectivity index (χ3n) is 3.47. The predicted molar refractivity (Wildman–Crippen MR) is 82.9 cm³/mol. The number of amides is 1. The molecule has 0 radical (unpaired) electrons. The Kier molecular flexibility index (Phi) is 5.91. The highest BCUT2D eigenvalue weighted by Crippen LogP contribution is 2.12. The van der Waals surface area contributed by atoms with Gasteiger partial charge in [-0.2, -0.15) is 0 Å². The van der Waals surface area contributed by atoms with Crippen LogP contribution in [0.5, 0.6) is 0 Å². The van der Waals surface area contributed by atoms with E-state index in [0.29, 0.717) is 31.8 Å². The molecule has 0 spiro atoms. The topological polar surface area (TPSA) is 80.4 Å². The van der Waals surface area contributed by atoms with Crippen molar-refractivity contribution in [1.29, 1.82) is 0 Å². The van der Waals surface area contributed by atoms with Crippen LogP contribution >= 0.6 is 0 Å². The first kappa shape index (κ1) is 16.5. The van der Waals surface area contributed by atoms with Crippen LogP contribution in [0.3, 0.4) is 0 Å². The molecule has 1 fully saturated rings. The maximum atomic E-state index is 12.2. The van der Waals surface area contributed by atoms with Crippen LogP contribution in [-0.2, 0) is 9.47 Å². The van der Waals surface area contributed by atoms with Crippen molar-refractivity contribution < 1.29 is 14.3 Å². The standard InChI is InChI=1S/C16H22N2O4/c1-11(2)5-8-22-14-10-21-7-6-13(14)18-16(20)12-3-4-15(19)17-9-12/h3-5,9,13-14H,6-8,10H2,1-2H3,(H,17,19)(H,18,20)/t13-,14-/m1/s1. The zero-order chi connectivity index (χ0) is 15.9. The van der Waals surface area contributed by atoms with E-state index in [9.17, 15) is 9.59 Å². The highest BCUT2D eigenvalue weighted by atomic mass is 16.5. The van der Waals surface area contributed by atoms with E-state index in [1.165, 1.54) is 23.9 Å². The van der Waals surface area contributed by atoms with Crippen LogP contribution < -0.4 is 10.9 Å².